The number of carbonyl (C=O) groups is 1. The van der Waals surface area contributed by atoms with Crippen molar-refractivity contribution in [2.45, 2.75) is 17.4 Å². The summed E-state index contributed by atoms with van der Waals surface area (Å²) in [6.07, 6.45) is 2.78. The van der Waals surface area contributed by atoms with E-state index in [2.05, 4.69) is 14.6 Å². The number of nitrogens with zero attached hydrogens (tertiary/aromatic N) is 2. The second-order valence-electron chi connectivity index (χ2n) is 4.74. The van der Waals surface area contributed by atoms with Gasteiger partial charge in [0, 0.05) is 13.2 Å². The van der Waals surface area contributed by atoms with Crippen LogP contribution in [0.25, 0.3) is 0 Å². The number of nitrogens with one attached hydrogen (secondary N) is 1. The number of ether oxygens (including phenoxy) is 1. The number of benzene rings is 1. The van der Waals surface area contributed by atoms with Gasteiger partial charge in [0.1, 0.15) is 10.9 Å². The Morgan fingerprint density at radius 1 is 1.36 bits per heavy atom. The molecule has 0 bridgehead atoms. The summed E-state index contributed by atoms with van der Waals surface area (Å²) in [5.74, 6) is -0.642. The van der Waals surface area contributed by atoms with Gasteiger partial charge in [-0.2, -0.15) is 9.82 Å². The number of hydrogen-bond acceptors (Lipinski definition) is 5. The van der Waals surface area contributed by atoms with Crippen molar-refractivity contribution in [3.63, 3.8) is 0 Å². The first-order valence-electron chi connectivity index (χ1n) is 6.55. The lowest BCUT2D eigenvalue weighted by Gasteiger charge is -2.16. The molecule has 0 unspecified atom stereocenters. The molecule has 0 radical (unpaired) electrons. The molecule has 8 heteroatoms. The smallest absolute Gasteiger partial charge is 0.324 e. The minimum absolute atomic E-state index is 0.00281. The van der Waals surface area contributed by atoms with Crippen LogP contribution in [0.3, 0.4) is 0 Å². The highest BCUT2D eigenvalue weighted by molar-refractivity contribution is 7.89. The fourth-order valence-corrected chi connectivity index (χ4v) is 3.13. The molecule has 0 saturated carbocycles. The standard InChI is InChI=1S/C14H17N3O4S/c1-17-10-12(9-15-17)22(19,20)16-13(14(18)21-2)8-11-6-4-3-5-7-11/h3-7,9-10,13,16H,8H2,1-2H3/t13-/m0/s1. The monoisotopic (exact) mass is 323 g/mol. The number of methoxy groups -OCH3 is 1. The number of esters is 1. The van der Waals surface area contributed by atoms with Crippen LogP contribution in [0.1, 0.15) is 5.56 Å². The molecule has 1 aromatic carbocycles. The minimum Gasteiger partial charge on any atom is -0.468 e. The Hall–Kier alpha value is -2.19. The number of sulfonamides is 1. The van der Waals surface area contributed by atoms with Gasteiger partial charge in [-0.25, -0.2) is 8.42 Å². The third-order valence-electron chi connectivity index (χ3n) is 3.06. The summed E-state index contributed by atoms with van der Waals surface area (Å²) < 4.78 is 33.0. The van der Waals surface area contributed by atoms with Gasteiger partial charge in [0.15, 0.2) is 0 Å². The molecule has 1 atom stereocenters. The third-order valence-corrected chi connectivity index (χ3v) is 4.48. The van der Waals surface area contributed by atoms with Gasteiger partial charge in [0.25, 0.3) is 0 Å². The predicted octanol–water partition coefficient (Wildman–Crippen LogP) is 0.483. The number of aromatic nitrogens is 2. The molecule has 1 aromatic heterocycles. The predicted molar refractivity (Wildman–Crippen MR) is 79.5 cm³/mol. The van der Waals surface area contributed by atoms with Crippen molar-refractivity contribution < 1.29 is 17.9 Å². The third kappa shape index (κ3) is 3.92. The summed E-state index contributed by atoms with van der Waals surface area (Å²) >= 11 is 0. The molecular formula is C14H17N3O4S. The molecule has 0 amide bonds. The van der Waals surface area contributed by atoms with Crippen molar-refractivity contribution in [3.05, 3.63) is 48.3 Å². The average Bonchev–Trinajstić information content (AvgIpc) is 2.94. The highest BCUT2D eigenvalue weighted by atomic mass is 32.2. The van der Waals surface area contributed by atoms with Gasteiger partial charge in [-0.3, -0.25) is 9.48 Å². The topological polar surface area (TPSA) is 90.3 Å². The van der Waals surface area contributed by atoms with Crippen LogP contribution in [0, 0.1) is 0 Å². The van der Waals surface area contributed by atoms with Gasteiger partial charge in [0.05, 0.1) is 13.3 Å². The van der Waals surface area contributed by atoms with Gasteiger partial charge in [0.2, 0.25) is 10.0 Å². The Labute approximate surface area is 129 Å². The number of aryl methyl sites for hydroxylation is 1. The van der Waals surface area contributed by atoms with Crippen LogP contribution in [0.2, 0.25) is 0 Å². The van der Waals surface area contributed by atoms with E-state index in [0.29, 0.717) is 0 Å². The fraction of sp³-hybridized carbons (Fsp3) is 0.286. The van der Waals surface area contributed by atoms with Crippen molar-refractivity contribution in [1.29, 1.82) is 0 Å². The second kappa shape index (κ2) is 6.71. The number of carbonyl (C=O) groups excluding carboxylic acids is 1. The first-order chi connectivity index (χ1) is 10.4. The van der Waals surface area contributed by atoms with E-state index in [-0.39, 0.29) is 11.3 Å². The van der Waals surface area contributed by atoms with E-state index in [1.165, 1.54) is 24.2 Å². The molecule has 0 saturated heterocycles. The van der Waals surface area contributed by atoms with Crippen LogP contribution in [-0.4, -0.2) is 37.3 Å². The van der Waals surface area contributed by atoms with Gasteiger partial charge in [-0.05, 0) is 12.0 Å². The maximum absolute atomic E-state index is 12.3. The largest absolute Gasteiger partial charge is 0.468 e. The molecule has 1 heterocycles. The van der Waals surface area contributed by atoms with E-state index in [1.54, 1.807) is 7.05 Å². The van der Waals surface area contributed by atoms with Crippen LogP contribution >= 0.6 is 0 Å². The summed E-state index contributed by atoms with van der Waals surface area (Å²) in [6.45, 7) is 0. The van der Waals surface area contributed by atoms with Crippen LogP contribution in [0.15, 0.2) is 47.6 Å². The van der Waals surface area contributed by atoms with Gasteiger partial charge in [-0.15, -0.1) is 0 Å². The molecule has 2 rings (SSSR count). The molecule has 118 valence electrons. The fourth-order valence-electron chi connectivity index (χ4n) is 1.96. The van der Waals surface area contributed by atoms with Crippen LogP contribution in [0.5, 0.6) is 0 Å². The summed E-state index contributed by atoms with van der Waals surface area (Å²) in [7, 11) is -1.02. The van der Waals surface area contributed by atoms with Crippen LogP contribution in [0.4, 0.5) is 0 Å². The van der Waals surface area contributed by atoms with Gasteiger partial charge in [-0.1, -0.05) is 30.3 Å². The first kappa shape index (κ1) is 16.2. The van der Waals surface area contributed by atoms with E-state index in [0.717, 1.165) is 5.56 Å². The highest BCUT2D eigenvalue weighted by Crippen LogP contribution is 2.10. The lowest BCUT2D eigenvalue weighted by Crippen LogP contribution is -2.42. The van der Waals surface area contributed by atoms with Gasteiger partial charge < -0.3 is 4.74 Å². The molecule has 0 aliphatic rings. The summed E-state index contributed by atoms with van der Waals surface area (Å²) in [4.78, 5) is 11.9. The Kier molecular flexibility index (Phi) is 4.94. The first-order valence-corrected chi connectivity index (χ1v) is 8.03. The van der Waals surface area contributed by atoms with E-state index < -0.39 is 22.0 Å². The Morgan fingerprint density at radius 3 is 2.59 bits per heavy atom. The van der Waals surface area contributed by atoms with Crippen molar-refractivity contribution in [2.75, 3.05) is 7.11 Å². The summed E-state index contributed by atoms with van der Waals surface area (Å²) in [5.41, 5.74) is 0.826. The Bertz CT molecular complexity index is 740. The average molecular weight is 323 g/mol. The number of hydrogen-bond donors (Lipinski definition) is 1. The molecular weight excluding hydrogens is 306 g/mol. The lowest BCUT2D eigenvalue weighted by atomic mass is 10.1. The van der Waals surface area contributed by atoms with Gasteiger partial charge >= 0.3 is 5.97 Å². The minimum atomic E-state index is -3.85. The summed E-state index contributed by atoms with van der Waals surface area (Å²) in [6, 6.07) is 8.11. The second-order valence-corrected chi connectivity index (χ2v) is 6.45. The van der Waals surface area contributed by atoms with E-state index in [9.17, 15) is 13.2 Å². The van der Waals surface area contributed by atoms with Crippen molar-refractivity contribution in [2.24, 2.45) is 7.05 Å². The molecule has 7 nitrogen and oxygen atoms in total. The van der Waals surface area contributed by atoms with Crippen LogP contribution in [-0.2, 0) is 33.0 Å². The molecule has 0 fully saturated rings. The highest BCUT2D eigenvalue weighted by Gasteiger charge is 2.27. The Morgan fingerprint density at radius 2 is 2.05 bits per heavy atom. The number of rotatable bonds is 6. The van der Waals surface area contributed by atoms with Crippen molar-refractivity contribution >= 4 is 16.0 Å². The van der Waals surface area contributed by atoms with Crippen molar-refractivity contribution in [1.82, 2.24) is 14.5 Å². The van der Waals surface area contributed by atoms with Crippen LogP contribution < -0.4 is 4.72 Å². The van der Waals surface area contributed by atoms with E-state index in [4.69, 9.17) is 0 Å². The van der Waals surface area contributed by atoms with E-state index >= 15 is 0 Å². The SMILES string of the molecule is COC(=O)[C@H](Cc1ccccc1)NS(=O)(=O)c1cnn(C)c1. The molecule has 2 aromatic rings. The Balaban J connectivity index is 2.21. The lowest BCUT2D eigenvalue weighted by molar-refractivity contribution is -0.142. The quantitative estimate of drug-likeness (QED) is 0.781. The summed E-state index contributed by atoms with van der Waals surface area (Å²) in [5, 5.41) is 3.82. The maximum atomic E-state index is 12.3. The molecule has 1 N–H and O–H groups in total. The zero-order valence-corrected chi connectivity index (χ0v) is 13.1. The molecule has 0 spiro atoms. The molecule has 0 aliphatic carbocycles. The normalized spacial score (nSPS) is 12.8. The van der Waals surface area contributed by atoms with Crippen molar-refractivity contribution in [3.8, 4) is 0 Å². The zero-order chi connectivity index (χ0) is 16.2. The van der Waals surface area contributed by atoms with E-state index in [1.807, 2.05) is 30.3 Å². The maximum Gasteiger partial charge on any atom is 0.324 e. The molecule has 22 heavy (non-hydrogen) atoms. The molecule has 0 aliphatic heterocycles. The zero-order valence-electron chi connectivity index (χ0n) is 12.3.